The summed E-state index contributed by atoms with van der Waals surface area (Å²) in [5, 5.41) is 10.5. The fourth-order valence-corrected chi connectivity index (χ4v) is 1.69. The van der Waals surface area contributed by atoms with Gasteiger partial charge < -0.3 is 9.64 Å². The Morgan fingerprint density at radius 2 is 2.00 bits per heavy atom. The van der Waals surface area contributed by atoms with Gasteiger partial charge in [0.25, 0.3) is 5.69 Å². The Labute approximate surface area is 108 Å². The molecular formula is C13H20N2O3. The Balaban J connectivity index is 2.35. The number of non-ortho nitro benzene ring substituents is 1. The SMILES string of the molecule is CCOCCCN(C)Cc1ccc([N+](=O)[O-])cc1. The zero-order valence-electron chi connectivity index (χ0n) is 11.0. The zero-order valence-corrected chi connectivity index (χ0v) is 11.0. The van der Waals surface area contributed by atoms with Crippen LogP contribution in [0.4, 0.5) is 5.69 Å². The minimum Gasteiger partial charge on any atom is -0.382 e. The van der Waals surface area contributed by atoms with E-state index in [0.29, 0.717) is 0 Å². The van der Waals surface area contributed by atoms with Crippen molar-refractivity contribution in [2.45, 2.75) is 19.9 Å². The maximum Gasteiger partial charge on any atom is 0.269 e. The molecule has 0 fully saturated rings. The highest BCUT2D eigenvalue weighted by atomic mass is 16.6. The lowest BCUT2D eigenvalue weighted by Crippen LogP contribution is -2.20. The molecule has 1 aromatic carbocycles. The van der Waals surface area contributed by atoms with Gasteiger partial charge >= 0.3 is 0 Å². The summed E-state index contributed by atoms with van der Waals surface area (Å²) in [4.78, 5) is 12.3. The molecule has 0 radical (unpaired) electrons. The highest BCUT2D eigenvalue weighted by Crippen LogP contribution is 2.13. The topological polar surface area (TPSA) is 55.6 Å². The van der Waals surface area contributed by atoms with E-state index in [2.05, 4.69) is 4.90 Å². The number of nitrogens with zero attached hydrogens (tertiary/aromatic N) is 2. The third-order valence-corrected chi connectivity index (χ3v) is 2.63. The van der Waals surface area contributed by atoms with E-state index in [4.69, 9.17) is 4.74 Å². The van der Waals surface area contributed by atoms with E-state index in [1.807, 2.05) is 14.0 Å². The molecule has 0 amide bonds. The molecule has 0 atom stereocenters. The minimum absolute atomic E-state index is 0.137. The van der Waals surface area contributed by atoms with E-state index in [1.165, 1.54) is 0 Å². The summed E-state index contributed by atoms with van der Waals surface area (Å²) in [7, 11) is 2.04. The van der Waals surface area contributed by atoms with Crippen molar-refractivity contribution >= 4 is 5.69 Å². The van der Waals surface area contributed by atoms with E-state index >= 15 is 0 Å². The van der Waals surface area contributed by atoms with Crippen molar-refractivity contribution in [1.29, 1.82) is 0 Å². The van der Waals surface area contributed by atoms with Crippen LogP contribution in [-0.2, 0) is 11.3 Å². The van der Waals surface area contributed by atoms with Crippen molar-refractivity contribution in [3.8, 4) is 0 Å². The van der Waals surface area contributed by atoms with Gasteiger partial charge in [0, 0.05) is 38.4 Å². The number of hydrogen-bond acceptors (Lipinski definition) is 4. The molecular weight excluding hydrogens is 232 g/mol. The van der Waals surface area contributed by atoms with Crippen LogP contribution in [0.2, 0.25) is 0 Å². The van der Waals surface area contributed by atoms with Crippen LogP contribution in [0.15, 0.2) is 24.3 Å². The molecule has 1 aromatic rings. The average molecular weight is 252 g/mol. The summed E-state index contributed by atoms with van der Waals surface area (Å²) >= 11 is 0. The lowest BCUT2D eigenvalue weighted by atomic mass is 10.2. The average Bonchev–Trinajstić information content (AvgIpc) is 2.35. The largest absolute Gasteiger partial charge is 0.382 e. The third-order valence-electron chi connectivity index (χ3n) is 2.63. The lowest BCUT2D eigenvalue weighted by molar-refractivity contribution is -0.384. The monoisotopic (exact) mass is 252 g/mol. The van der Waals surface area contributed by atoms with E-state index in [1.54, 1.807) is 24.3 Å². The number of benzene rings is 1. The predicted octanol–water partition coefficient (Wildman–Crippen LogP) is 2.45. The number of hydrogen-bond donors (Lipinski definition) is 0. The van der Waals surface area contributed by atoms with Crippen LogP contribution in [0.5, 0.6) is 0 Å². The van der Waals surface area contributed by atoms with Gasteiger partial charge in [-0.25, -0.2) is 0 Å². The number of ether oxygens (including phenoxy) is 1. The van der Waals surface area contributed by atoms with Crippen LogP contribution >= 0.6 is 0 Å². The molecule has 0 N–H and O–H groups in total. The number of nitro benzene ring substituents is 1. The molecule has 100 valence electrons. The highest BCUT2D eigenvalue weighted by molar-refractivity contribution is 5.32. The first-order valence-electron chi connectivity index (χ1n) is 6.13. The molecule has 0 bridgehead atoms. The normalized spacial score (nSPS) is 10.8. The summed E-state index contributed by atoms with van der Waals surface area (Å²) in [5.74, 6) is 0. The fourth-order valence-electron chi connectivity index (χ4n) is 1.69. The molecule has 0 saturated carbocycles. The molecule has 0 aliphatic carbocycles. The van der Waals surface area contributed by atoms with Gasteiger partial charge in [0.15, 0.2) is 0 Å². The maximum atomic E-state index is 10.5. The van der Waals surface area contributed by atoms with Crippen LogP contribution in [0, 0.1) is 10.1 Å². The van der Waals surface area contributed by atoms with Crippen molar-refractivity contribution in [3.05, 3.63) is 39.9 Å². The van der Waals surface area contributed by atoms with Crippen LogP contribution < -0.4 is 0 Å². The summed E-state index contributed by atoms with van der Waals surface area (Å²) in [6.45, 7) is 5.27. The Kier molecular flexibility index (Phi) is 6.32. The highest BCUT2D eigenvalue weighted by Gasteiger charge is 2.05. The zero-order chi connectivity index (χ0) is 13.4. The molecule has 1 rings (SSSR count). The second-order valence-corrected chi connectivity index (χ2v) is 4.21. The molecule has 0 unspecified atom stereocenters. The van der Waals surface area contributed by atoms with Crippen LogP contribution in [0.25, 0.3) is 0 Å². The summed E-state index contributed by atoms with van der Waals surface area (Å²) in [6.07, 6.45) is 0.997. The first-order chi connectivity index (χ1) is 8.63. The van der Waals surface area contributed by atoms with Crippen molar-refractivity contribution in [2.75, 3.05) is 26.8 Å². The van der Waals surface area contributed by atoms with Gasteiger partial charge in [-0.2, -0.15) is 0 Å². The third kappa shape index (κ3) is 5.25. The molecule has 5 heteroatoms. The van der Waals surface area contributed by atoms with Crippen LogP contribution in [0.3, 0.4) is 0 Å². The predicted molar refractivity (Wildman–Crippen MR) is 70.5 cm³/mol. The maximum absolute atomic E-state index is 10.5. The molecule has 0 saturated heterocycles. The summed E-state index contributed by atoms with van der Waals surface area (Å²) in [6, 6.07) is 6.70. The van der Waals surface area contributed by atoms with Gasteiger partial charge in [0.05, 0.1) is 4.92 Å². The number of rotatable bonds is 8. The van der Waals surface area contributed by atoms with Gasteiger partial charge in [-0.05, 0) is 26.0 Å². The Morgan fingerprint density at radius 1 is 1.33 bits per heavy atom. The van der Waals surface area contributed by atoms with Gasteiger partial charge in [0.1, 0.15) is 0 Å². The van der Waals surface area contributed by atoms with E-state index in [0.717, 1.165) is 38.3 Å². The van der Waals surface area contributed by atoms with Gasteiger partial charge in [-0.1, -0.05) is 12.1 Å². The Hall–Kier alpha value is -1.46. The first kappa shape index (κ1) is 14.6. The van der Waals surface area contributed by atoms with Gasteiger partial charge in [0.2, 0.25) is 0 Å². The van der Waals surface area contributed by atoms with E-state index < -0.39 is 0 Å². The standard InChI is InChI=1S/C13H20N2O3/c1-3-18-10-4-9-14(2)11-12-5-7-13(8-6-12)15(16)17/h5-8H,3-4,9-11H2,1-2H3. The molecule has 0 spiro atoms. The van der Waals surface area contributed by atoms with Crippen molar-refractivity contribution < 1.29 is 9.66 Å². The molecule has 5 nitrogen and oxygen atoms in total. The molecule has 0 aliphatic rings. The quantitative estimate of drug-likeness (QED) is 0.405. The Morgan fingerprint density at radius 3 is 2.56 bits per heavy atom. The first-order valence-corrected chi connectivity index (χ1v) is 6.13. The van der Waals surface area contributed by atoms with Gasteiger partial charge in [-0.3, -0.25) is 10.1 Å². The second kappa shape index (κ2) is 7.79. The molecule has 18 heavy (non-hydrogen) atoms. The molecule has 0 heterocycles. The second-order valence-electron chi connectivity index (χ2n) is 4.21. The molecule has 0 aromatic heterocycles. The fraction of sp³-hybridized carbons (Fsp3) is 0.538. The van der Waals surface area contributed by atoms with E-state index in [-0.39, 0.29) is 10.6 Å². The minimum atomic E-state index is -0.379. The van der Waals surface area contributed by atoms with Crippen LogP contribution in [-0.4, -0.2) is 36.6 Å². The van der Waals surface area contributed by atoms with Crippen molar-refractivity contribution in [3.63, 3.8) is 0 Å². The summed E-state index contributed by atoms with van der Waals surface area (Å²) < 4.78 is 5.27. The van der Waals surface area contributed by atoms with Crippen LogP contribution in [0.1, 0.15) is 18.9 Å². The smallest absolute Gasteiger partial charge is 0.269 e. The van der Waals surface area contributed by atoms with Crippen molar-refractivity contribution in [1.82, 2.24) is 4.90 Å². The Bertz CT molecular complexity index is 365. The summed E-state index contributed by atoms with van der Waals surface area (Å²) in [5.41, 5.74) is 1.22. The lowest BCUT2D eigenvalue weighted by Gasteiger charge is -2.16. The number of nitro groups is 1. The van der Waals surface area contributed by atoms with Crippen molar-refractivity contribution in [2.24, 2.45) is 0 Å². The van der Waals surface area contributed by atoms with E-state index in [9.17, 15) is 10.1 Å². The molecule has 0 aliphatic heterocycles. The van der Waals surface area contributed by atoms with Gasteiger partial charge in [-0.15, -0.1) is 0 Å².